The molecule has 0 saturated carbocycles. The Kier molecular flexibility index (Phi) is 2.02. The highest BCUT2D eigenvalue weighted by Crippen LogP contribution is 2.20. The van der Waals surface area contributed by atoms with Gasteiger partial charge in [0.15, 0.2) is 0 Å². The Bertz CT molecular complexity index is 566. The maximum absolute atomic E-state index is 4.64. The van der Waals surface area contributed by atoms with E-state index < -0.39 is 0 Å². The fourth-order valence-corrected chi connectivity index (χ4v) is 2.01. The molecule has 2 aromatic rings. The molecular weight excluding hydrogens is 200 g/mol. The monoisotopic (exact) mass is 214 g/mol. The van der Waals surface area contributed by atoms with Crippen molar-refractivity contribution in [2.24, 2.45) is 4.99 Å². The van der Waals surface area contributed by atoms with E-state index in [2.05, 4.69) is 39.4 Å². The number of nitrogens with zero attached hydrogens (tertiary/aromatic N) is 4. The molecule has 4 nitrogen and oxygen atoms in total. The quantitative estimate of drug-likeness (QED) is 0.728. The Morgan fingerprint density at radius 1 is 1.38 bits per heavy atom. The van der Waals surface area contributed by atoms with Gasteiger partial charge in [-0.15, -0.1) is 0 Å². The summed E-state index contributed by atoms with van der Waals surface area (Å²) in [5.74, 6) is 1.28. The van der Waals surface area contributed by atoms with Gasteiger partial charge in [0.05, 0.1) is 12.2 Å². The maximum Gasteiger partial charge on any atom is 0.144 e. The first-order valence-corrected chi connectivity index (χ1v) is 5.61. The minimum absolute atomic E-state index is 0.368. The van der Waals surface area contributed by atoms with E-state index in [1.54, 1.807) is 0 Å². The van der Waals surface area contributed by atoms with Gasteiger partial charge in [-0.2, -0.15) is 0 Å². The van der Waals surface area contributed by atoms with Crippen LogP contribution in [0.25, 0.3) is 11.0 Å². The van der Waals surface area contributed by atoms with Crippen molar-refractivity contribution in [2.45, 2.75) is 26.3 Å². The molecule has 0 saturated heterocycles. The first kappa shape index (κ1) is 9.51. The second-order valence-corrected chi connectivity index (χ2v) is 4.42. The van der Waals surface area contributed by atoms with Crippen LogP contribution in [0, 0.1) is 0 Å². The molecule has 2 aromatic heterocycles. The highest BCUT2D eigenvalue weighted by Gasteiger charge is 2.13. The molecule has 82 valence electrons. The molecule has 0 aromatic carbocycles. The van der Waals surface area contributed by atoms with Gasteiger partial charge in [-0.1, -0.05) is 13.8 Å². The SMILES string of the molecule is CC(C)c1ncc2cc3n(c2n1)CCN=C3. The Hall–Kier alpha value is -1.71. The van der Waals surface area contributed by atoms with E-state index in [-0.39, 0.29) is 0 Å². The minimum Gasteiger partial charge on any atom is -0.323 e. The van der Waals surface area contributed by atoms with Gasteiger partial charge in [-0.25, -0.2) is 9.97 Å². The van der Waals surface area contributed by atoms with E-state index in [0.717, 1.165) is 35.6 Å². The second kappa shape index (κ2) is 3.40. The van der Waals surface area contributed by atoms with Crippen molar-refractivity contribution >= 4 is 17.2 Å². The summed E-state index contributed by atoms with van der Waals surface area (Å²) in [5, 5.41) is 1.10. The van der Waals surface area contributed by atoms with E-state index >= 15 is 0 Å². The summed E-state index contributed by atoms with van der Waals surface area (Å²) in [6.45, 7) is 5.99. The molecule has 0 unspecified atom stereocenters. The Labute approximate surface area is 94.1 Å². The van der Waals surface area contributed by atoms with Crippen LogP contribution in [-0.4, -0.2) is 27.3 Å². The summed E-state index contributed by atoms with van der Waals surface area (Å²) in [6, 6.07) is 2.10. The van der Waals surface area contributed by atoms with Crippen LogP contribution >= 0.6 is 0 Å². The third-order valence-electron chi connectivity index (χ3n) is 2.88. The van der Waals surface area contributed by atoms with Crippen molar-refractivity contribution in [1.82, 2.24) is 14.5 Å². The molecule has 4 heteroatoms. The van der Waals surface area contributed by atoms with Crippen molar-refractivity contribution in [3.63, 3.8) is 0 Å². The molecule has 3 rings (SSSR count). The van der Waals surface area contributed by atoms with Crippen LogP contribution in [0.1, 0.15) is 31.3 Å². The summed E-state index contributed by atoms with van der Waals surface area (Å²) < 4.78 is 2.22. The van der Waals surface area contributed by atoms with Gasteiger partial charge >= 0.3 is 0 Å². The van der Waals surface area contributed by atoms with E-state index in [1.165, 1.54) is 0 Å². The van der Waals surface area contributed by atoms with E-state index in [1.807, 2.05) is 12.4 Å². The normalized spacial score (nSPS) is 14.7. The van der Waals surface area contributed by atoms with Gasteiger partial charge in [0.1, 0.15) is 11.5 Å². The predicted octanol–water partition coefficient (Wildman–Crippen LogP) is 1.99. The fraction of sp³-hybridized carbons (Fsp3) is 0.417. The maximum atomic E-state index is 4.64. The number of fused-ring (bicyclic) bond motifs is 3. The minimum atomic E-state index is 0.368. The van der Waals surface area contributed by atoms with Gasteiger partial charge in [-0.05, 0) is 6.07 Å². The lowest BCUT2D eigenvalue weighted by Crippen LogP contribution is -2.11. The lowest BCUT2D eigenvalue weighted by molar-refractivity contribution is 0.701. The Morgan fingerprint density at radius 3 is 3.06 bits per heavy atom. The Morgan fingerprint density at radius 2 is 2.25 bits per heavy atom. The molecular formula is C12H14N4. The van der Waals surface area contributed by atoms with E-state index in [9.17, 15) is 0 Å². The van der Waals surface area contributed by atoms with Crippen molar-refractivity contribution in [3.05, 3.63) is 23.8 Å². The molecule has 0 radical (unpaired) electrons. The topological polar surface area (TPSA) is 43.1 Å². The second-order valence-electron chi connectivity index (χ2n) is 4.42. The zero-order chi connectivity index (χ0) is 11.1. The Balaban J connectivity index is 2.26. The fourth-order valence-electron chi connectivity index (χ4n) is 2.01. The van der Waals surface area contributed by atoms with Crippen LogP contribution in [-0.2, 0) is 6.54 Å². The van der Waals surface area contributed by atoms with Gasteiger partial charge < -0.3 is 4.57 Å². The molecule has 3 heterocycles. The number of hydrogen-bond donors (Lipinski definition) is 0. The molecule has 1 aliphatic heterocycles. The predicted molar refractivity (Wildman–Crippen MR) is 64.1 cm³/mol. The lowest BCUT2D eigenvalue weighted by Gasteiger charge is -2.10. The van der Waals surface area contributed by atoms with Crippen molar-refractivity contribution in [2.75, 3.05) is 6.54 Å². The molecule has 0 aliphatic carbocycles. The number of rotatable bonds is 1. The van der Waals surface area contributed by atoms with Crippen LogP contribution in [0.15, 0.2) is 17.3 Å². The van der Waals surface area contributed by atoms with Gasteiger partial charge in [0.2, 0.25) is 0 Å². The molecule has 0 bridgehead atoms. The van der Waals surface area contributed by atoms with E-state index in [0.29, 0.717) is 5.92 Å². The third-order valence-corrected chi connectivity index (χ3v) is 2.88. The summed E-state index contributed by atoms with van der Waals surface area (Å²) >= 11 is 0. The van der Waals surface area contributed by atoms with Crippen LogP contribution in [0.4, 0.5) is 0 Å². The van der Waals surface area contributed by atoms with Gasteiger partial charge in [-0.3, -0.25) is 4.99 Å². The standard InChI is InChI=1S/C12H14N4/c1-8(2)11-14-6-9-5-10-7-13-3-4-16(10)12(9)15-11/h5-8H,3-4H2,1-2H3. The molecule has 0 atom stereocenters. The van der Waals surface area contributed by atoms with Crippen molar-refractivity contribution in [1.29, 1.82) is 0 Å². The smallest absolute Gasteiger partial charge is 0.144 e. The number of hydrogen-bond acceptors (Lipinski definition) is 3. The summed E-state index contributed by atoms with van der Waals surface area (Å²) in [5.41, 5.74) is 2.18. The highest BCUT2D eigenvalue weighted by molar-refractivity contribution is 5.88. The van der Waals surface area contributed by atoms with E-state index in [4.69, 9.17) is 0 Å². The number of aliphatic imine (C=N–C) groups is 1. The zero-order valence-corrected chi connectivity index (χ0v) is 9.51. The summed E-state index contributed by atoms with van der Waals surface area (Å²) in [6.07, 6.45) is 3.83. The average molecular weight is 214 g/mol. The highest BCUT2D eigenvalue weighted by atomic mass is 15.1. The largest absolute Gasteiger partial charge is 0.323 e. The van der Waals surface area contributed by atoms with Gasteiger partial charge in [0, 0.05) is 30.3 Å². The zero-order valence-electron chi connectivity index (χ0n) is 9.51. The van der Waals surface area contributed by atoms with Gasteiger partial charge in [0.25, 0.3) is 0 Å². The van der Waals surface area contributed by atoms with Crippen LogP contribution in [0.3, 0.4) is 0 Å². The van der Waals surface area contributed by atoms with Crippen LogP contribution < -0.4 is 0 Å². The van der Waals surface area contributed by atoms with Crippen molar-refractivity contribution in [3.8, 4) is 0 Å². The molecule has 0 spiro atoms. The third kappa shape index (κ3) is 1.33. The molecule has 16 heavy (non-hydrogen) atoms. The first-order valence-electron chi connectivity index (χ1n) is 5.61. The lowest BCUT2D eigenvalue weighted by atomic mass is 10.2. The molecule has 0 amide bonds. The first-order chi connectivity index (χ1) is 7.75. The summed E-state index contributed by atoms with van der Waals surface area (Å²) in [4.78, 5) is 13.3. The average Bonchev–Trinajstić information content (AvgIpc) is 2.66. The molecule has 1 aliphatic rings. The molecule has 0 N–H and O–H groups in total. The van der Waals surface area contributed by atoms with Crippen LogP contribution in [0.5, 0.6) is 0 Å². The summed E-state index contributed by atoms with van der Waals surface area (Å²) in [7, 11) is 0. The van der Waals surface area contributed by atoms with Crippen molar-refractivity contribution < 1.29 is 0 Å². The number of aromatic nitrogens is 3. The molecule has 0 fully saturated rings. The van der Waals surface area contributed by atoms with Crippen LogP contribution in [0.2, 0.25) is 0 Å².